The number of ether oxygens (including phenoxy) is 1. The second-order valence-corrected chi connectivity index (χ2v) is 11.7. The Bertz CT molecular complexity index is 1420. The summed E-state index contributed by atoms with van der Waals surface area (Å²) in [5.74, 6) is 1.35. The molecule has 0 radical (unpaired) electrons. The SMILES string of the molecule is C=CC(=O)N1CCN(c2nc(OC[C@@H]3C[C@@H](C)CN3C)nc3c2CCN(c2cccc4ccccc24)C3)CC1CO. The van der Waals surface area contributed by atoms with E-state index >= 15 is 0 Å². The maximum atomic E-state index is 12.4. The summed E-state index contributed by atoms with van der Waals surface area (Å²) >= 11 is 0. The number of piperazine rings is 1. The van der Waals surface area contributed by atoms with Gasteiger partial charge in [-0.15, -0.1) is 0 Å². The first-order valence-electron chi connectivity index (χ1n) is 14.7. The Labute approximate surface area is 242 Å². The molecule has 3 aromatic rings. The number of aliphatic hydroxyl groups is 1. The molecule has 3 atom stereocenters. The van der Waals surface area contributed by atoms with Gasteiger partial charge in [0.2, 0.25) is 5.91 Å². The molecule has 2 aromatic carbocycles. The molecule has 0 bridgehead atoms. The number of likely N-dealkylation sites (N-methyl/N-ethyl adjacent to an activating group) is 1. The smallest absolute Gasteiger partial charge is 0.318 e. The van der Waals surface area contributed by atoms with Gasteiger partial charge >= 0.3 is 6.01 Å². The topological polar surface area (TPSA) is 85.3 Å². The van der Waals surface area contributed by atoms with E-state index in [1.807, 2.05) is 0 Å². The van der Waals surface area contributed by atoms with Crippen LogP contribution < -0.4 is 14.5 Å². The summed E-state index contributed by atoms with van der Waals surface area (Å²) in [5, 5.41) is 12.6. The zero-order valence-electron chi connectivity index (χ0n) is 24.1. The molecule has 2 saturated heterocycles. The number of benzene rings is 2. The number of hydrogen-bond donors (Lipinski definition) is 1. The molecule has 9 nitrogen and oxygen atoms in total. The van der Waals surface area contributed by atoms with Crippen molar-refractivity contribution in [3.05, 3.63) is 66.4 Å². The molecule has 1 N–H and O–H groups in total. The molecule has 0 spiro atoms. The summed E-state index contributed by atoms with van der Waals surface area (Å²) in [7, 11) is 2.15. The van der Waals surface area contributed by atoms with Gasteiger partial charge in [-0.25, -0.2) is 0 Å². The second kappa shape index (κ2) is 11.7. The first-order valence-corrected chi connectivity index (χ1v) is 14.7. The van der Waals surface area contributed by atoms with E-state index in [0.29, 0.717) is 50.8 Å². The molecule has 0 aliphatic carbocycles. The molecule has 6 rings (SSSR count). The van der Waals surface area contributed by atoms with E-state index < -0.39 is 0 Å². The maximum Gasteiger partial charge on any atom is 0.318 e. The highest BCUT2D eigenvalue weighted by Gasteiger charge is 2.33. The maximum absolute atomic E-state index is 12.4. The fourth-order valence-electron chi connectivity index (χ4n) is 6.74. The van der Waals surface area contributed by atoms with Crippen LogP contribution in [0.25, 0.3) is 10.8 Å². The van der Waals surface area contributed by atoms with E-state index in [-0.39, 0.29) is 18.6 Å². The molecule has 9 heteroatoms. The monoisotopic (exact) mass is 556 g/mol. The van der Waals surface area contributed by atoms with Crippen LogP contribution in [-0.4, -0.2) is 95.9 Å². The van der Waals surface area contributed by atoms with E-state index in [1.165, 1.54) is 22.5 Å². The van der Waals surface area contributed by atoms with Crippen LogP contribution in [0.2, 0.25) is 0 Å². The number of aliphatic hydroxyl groups excluding tert-OH is 1. The van der Waals surface area contributed by atoms with Crippen LogP contribution in [0.4, 0.5) is 11.5 Å². The van der Waals surface area contributed by atoms with Gasteiger partial charge in [-0.1, -0.05) is 49.9 Å². The van der Waals surface area contributed by atoms with Crippen molar-refractivity contribution in [1.29, 1.82) is 0 Å². The zero-order chi connectivity index (χ0) is 28.5. The lowest BCUT2D eigenvalue weighted by atomic mass is 10.0. The molecule has 4 heterocycles. The van der Waals surface area contributed by atoms with Crippen LogP contribution in [0, 0.1) is 5.92 Å². The number of aromatic nitrogens is 2. The minimum atomic E-state index is -0.325. The molecule has 1 aromatic heterocycles. The molecule has 3 aliphatic heterocycles. The summed E-state index contributed by atoms with van der Waals surface area (Å²) in [5.41, 5.74) is 3.30. The lowest BCUT2D eigenvalue weighted by molar-refractivity contribution is -0.129. The first-order chi connectivity index (χ1) is 19.9. The van der Waals surface area contributed by atoms with Gasteiger partial charge in [-0.05, 0) is 43.3 Å². The van der Waals surface area contributed by atoms with Gasteiger partial charge in [0.1, 0.15) is 12.4 Å². The third-order valence-electron chi connectivity index (χ3n) is 8.88. The molecule has 41 heavy (non-hydrogen) atoms. The quantitative estimate of drug-likeness (QED) is 0.445. The third-order valence-corrected chi connectivity index (χ3v) is 8.88. The number of anilines is 2. The van der Waals surface area contributed by atoms with E-state index in [1.54, 1.807) is 4.90 Å². The van der Waals surface area contributed by atoms with Crippen molar-refractivity contribution in [1.82, 2.24) is 19.8 Å². The Balaban J connectivity index is 1.32. The summed E-state index contributed by atoms with van der Waals surface area (Å²) in [4.78, 5) is 31.0. The molecule has 1 amide bonds. The summed E-state index contributed by atoms with van der Waals surface area (Å²) < 4.78 is 6.31. The van der Waals surface area contributed by atoms with Crippen molar-refractivity contribution in [3.8, 4) is 6.01 Å². The van der Waals surface area contributed by atoms with Crippen molar-refractivity contribution in [3.63, 3.8) is 0 Å². The number of rotatable bonds is 7. The molecule has 3 aliphatic rings. The number of fused-ring (bicyclic) bond motifs is 2. The van der Waals surface area contributed by atoms with Gasteiger partial charge in [0.25, 0.3) is 0 Å². The zero-order valence-corrected chi connectivity index (χ0v) is 24.1. The molecule has 1 unspecified atom stereocenters. The summed E-state index contributed by atoms with van der Waals surface area (Å²) in [6, 6.07) is 15.4. The fraction of sp³-hybridized carbons (Fsp3) is 0.469. The average molecular weight is 557 g/mol. The Morgan fingerprint density at radius 2 is 1.90 bits per heavy atom. The lowest BCUT2D eigenvalue weighted by Crippen LogP contribution is -2.57. The molecule has 216 valence electrons. The van der Waals surface area contributed by atoms with E-state index in [4.69, 9.17) is 14.7 Å². The fourth-order valence-corrected chi connectivity index (χ4v) is 6.74. The minimum Gasteiger partial charge on any atom is -0.462 e. The number of nitrogens with zero attached hydrogens (tertiary/aromatic N) is 6. The Morgan fingerprint density at radius 3 is 2.68 bits per heavy atom. The predicted octanol–water partition coefficient (Wildman–Crippen LogP) is 3.11. The van der Waals surface area contributed by atoms with E-state index in [0.717, 1.165) is 43.0 Å². The lowest BCUT2D eigenvalue weighted by Gasteiger charge is -2.42. The predicted molar refractivity (Wildman–Crippen MR) is 161 cm³/mol. The van der Waals surface area contributed by atoms with Gasteiger partial charge in [-0.3, -0.25) is 9.69 Å². The number of carbonyl (C=O) groups is 1. The molecular formula is C32H40N6O3. The summed E-state index contributed by atoms with van der Waals surface area (Å²) in [6.07, 6.45) is 3.22. The Hall–Kier alpha value is -3.69. The number of hydrogen-bond acceptors (Lipinski definition) is 8. The summed E-state index contributed by atoms with van der Waals surface area (Å²) in [6.45, 7) is 10.5. The van der Waals surface area contributed by atoms with E-state index in [9.17, 15) is 9.90 Å². The van der Waals surface area contributed by atoms with Gasteiger partial charge in [0.15, 0.2) is 0 Å². The third kappa shape index (κ3) is 5.48. The van der Waals surface area contributed by atoms with Crippen molar-refractivity contribution in [2.45, 2.75) is 38.4 Å². The molecule has 2 fully saturated rings. The molecule has 0 saturated carbocycles. The highest BCUT2D eigenvalue weighted by Crippen LogP contribution is 2.35. The van der Waals surface area contributed by atoms with Crippen molar-refractivity contribution in [2.75, 3.05) is 62.8 Å². The van der Waals surface area contributed by atoms with Gasteiger partial charge in [0, 0.05) is 55.4 Å². The highest BCUT2D eigenvalue weighted by molar-refractivity contribution is 5.94. The van der Waals surface area contributed by atoms with Gasteiger partial charge in [-0.2, -0.15) is 9.97 Å². The Kier molecular flexibility index (Phi) is 7.81. The Morgan fingerprint density at radius 1 is 1.07 bits per heavy atom. The van der Waals surface area contributed by atoms with Crippen LogP contribution in [0.3, 0.4) is 0 Å². The van der Waals surface area contributed by atoms with Crippen LogP contribution in [0.15, 0.2) is 55.1 Å². The molecular weight excluding hydrogens is 516 g/mol. The van der Waals surface area contributed by atoms with Crippen LogP contribution >= 0.6 is 0 Å². The van der Waals surface area contributed by atoms with Crippen LogP contribution in [0.5, 0.6) is 6.01 Å². The van der Waals surface area contributed by atoms with Crippen LogP contribution in [-0.2, 0) is 17.8 Å². The van der Waals surface area contributed by atoms with Crippen LogP contribution in [0.1, 0.15) is 24.6 Å². The number of carbonyl (C=O) groups excluding carboxylic acids is 1. The number of likely N-dealkylation sites (tertiary alicyclic amines) is 1. The minimum absolute atomic E-state index is 0.117. The first kappa shape index (κ1) is 27.5. The standard InChI is InChI=1S/C32H40N6O3/c1-4-30(40)38-15-14-37(18-25(38)20-39)31-27-12-13-36(29-11-7-9-23-8-5-6-10-26(23)29)19-28(27)33-32(34-31)41-21-24-16-22(2)17-35(24)3/h4-11,22,24-25,39H,1,12-21H2,2-3H3/t22-,24+,25?/m1/s1. The normalized spacial score (nSPS) is 23.1. The van der Waals surface area contributed by atoms with Crippen molar-refractivity contribution >= 4 is 28.2 Å². The van der Waals surface area contributed by atoms with E-state index in [2.05, 4.69) is 77.7 Å². The largest absolute Gasteiger partial charge is 0.462 e. The van der Waals surface area contributed by atoms with Crippen molar-refractivity contribution < 1.29 is 14.6 Å². The highest BCUT2D eigenvalue weighted by atomic mass is 16.5. The number of amides is 1. The second-order valence-electron chi connectivity index (χ2n) is 11.7. The van der Waals surface area contributed by atoms with Crippen molar-refractivity contribution in [2.24, 2.45) is 5.92 Å². The van der Waals surface area contributed by atoms with Gasteiger partial charge < -0.3 is 24.5 Å². The van der Waals surface area contributed by atoms with Gasteiger partial charge in [0.05, 0.1) is 24.9 Å². The average Bonchev–Trinajstić information content (AvgIpc) is 3.34.